The Labute approximate surface area is 248 Å². The summed E-state index contributed by atoms with van der Waals surface area (Å²) in [5, 5.41) is 8.96. The van der Waals surface area contributed by atoms with E-state index in [0.29, 0.717) is 0 Å². The van der Waals surface area contributed by atoms with Gasteiger partial charge in [-0.3, -0.25) is 0 Å². The third-order valence-electron chi connectivity index (χ3n) is 3.80. The second kappa shape index (κ2) is 27.2. The molecule has 0 fully saturated rings. The first-order valence-electron chi connectivity index (χ1n) is 12.6. The number of nitrogens with zero attached hydrogens (tertiary/aromatic N) is 2. The molecular formula is C30H52Li2N2O2. The smallest absolute Gasteiger partial charge is 0.684 e. The van der Waals surface area contributed by atoms with E-state index in [-0.39, 0.29) is 48.6 Å². The van der Waals surface area contributed by atoms with E-state index in [1.807, 2.05) is 88.4 Å². The van der Waals surface area contributed by atoms with Crippen molar-refractivity contribution in [3.8, 4) is 0 Å². The summed E-state index contributed by atoms with van der Waals surface area (Å²) in [6.45, 7) is 26.3. The minimum atomic E-state index is 0. The van der Waals surface area contributed by atoms with Gasteiger partial charge >= 0.3 is 37.7 Å². The van der Waals surface area contributed by atoms with Crippen LogP contribution in [0.2, 0.25) is 0 Å². The molecule has 0 aromatic heterocycles. The molecule has 0 unspecified atom stereocenters. The fraction of sp³-hybridized carbons (Fsp3) is 0.600. The molecule has 0 saturated heterocycles. The van der Waals surface area contributed by atoms with Crippen molar-refractivity contribution in [3.05, 3.63) is 71.3 Å². The number of hydrogen-bond donors (Lipinski definition) is 0. The maximum atomic E-state index is 4.83. The molecule has 2 aromatic rings. The second-order valence-electron chi connectivity index (χ2n) is 9.99. The number of hydrogen-bond acceptors (Lipinski definition) is 2. The fourth-order valence-corrected chi connectivity index (χ4v) is 2.13. The van der Waals surface area contributed by atoms with Crippen LogP contribution in [-0.2, 0) is 9.47 Å². The van der Waals surface area contributed by atoms with E-state index in [2.05, 4.69) is 52.2 Å². The summed E-state index contributed by atoms with van der Waals surface area (Å²) in [7, 11) is 0. The Morgan fingerprint density at radius 3 is 0.917 bits per heavy atom. The average Bonchev–Trinajstić information content (AvgIpc) is 2.79. The van der Waals surface area contributed by atoms with Gasteiger partial charge in [0.05, 0.1) is 0 Å². The summed E-state index contributed by atoms with van der Waals surface area (Å²) < 4.78 is 9.67. The van der Waals surface area contributed by atoms with E-state index in [1.54, 1.807) is 0 Å². The second-order valence-corrected chi connectivity index (χ2v) is 9.99. The predicted octanol–water partition coefficient (Wildman–Crippen LogP) is 3.57. The molecule has 0 spiro atoms. The van der Waals surface area contributed by atoms with Crippen molar-refractivity contribution in [1.82, 2.24) is 0 Å². The molecular weight excluding hydrogens is 434 g/mol. The zero-order valence-corrected chi connectivity index (χ0v) is 25.7. The van der Waals surface area contributed by atoms with Crippen molar-refractivity contribution in [3.63, 3.8) is 0 Å². The van der Waals surface area contributed by atoms with Gasteiger partial charge < -0.3 is 20.1 Å². The van der Waals surface area contributed by atoms with Gasteiger partial charge in [0.2, 0.25) is 0 Å². The molecule has 0 radical (unpaired) electrons. The van der Waals surface area contributed by atoms with Gasteiger partial charge in [-0.25, -0.2) is 0 Å². The summed E-state index contributed by atoms with van der Waals surface area (Å²) in [6.07, 6.45) is 0. The van der Waals surface area contributed by atoms with Crippen LogP contribution in [0.15, 0.2) is 60.7 Å². The van der Waals surface area contributed by atoms with Crippen LogP contribution in [0, 0.1) is 10.8 Å². The van der Waals surface area contributed by atoms with Gasteiger partial charge in [-0.15, -0.1) is 24.5 Å². The molecule has 0 aliphatic carbocycles. The summed E-state index contributed by atoms with van der Waals surface area (Å²) in [4.78, 5) is 0. The van der Waals surface area contributed by atoms with Crippen LogP contribution in [0.3, 0.4) is 0 Å². The Kier molecular flexibility index (Phi) is 31.9. The van der Waals surface area contributed by atoms with Crippen molar-refractivity contribution in [2.24, 2.45) is 10.8 Å². The minimum Gasteiger partial charge on any atom is -0.684 e. The van der Waals surface area contributed by atoms with Gasteiger partial charge in [-0.2, -0.15) is 0 Å². The van der Waals surface area contributed by atoms with E-state index in [0.717, 1.165) is 50.9 Å². The molecule has 0 aliphatic rings. The van der Waals surface area contributed by atoms with Crippen LogP contribution >= 0.6 is 0 Å². The van der Waals surface area contributed by atoms with Crippen LogP contribution < -0.4 is 37.7 Å². The summed E-state index contributed by atoms with van der Waals surface area (Å²) in [5.41, 5.74) is 2.73. The molecule has 0 bridgehead atoms. The monoisotopic (exact) mass is 486 g/mol. The first-order valence-corrected chi connectivity index (χ1v) is 12.6. The quantitative estimate of drug-likeness (QED) is 0.536. The average molecular weight is 487 g/mol. The Hall–Kier alpha value is -0.845. The molecule has 0 aliphatic heterocycles. The number of benzene rings is 2. The summed E-state index contributed by atoms with van der Waals surface area (Å²) in [6, 6.07) is 20.2. The SMILES string of the molecule is CC(C)(C)C[N-]c1ccccc1.CC(C)(C)C[N-]c1ccccc1.CCOCC.CCOCC.[Li+].[Li+]. The summed E-state index contributed by atoms with van der Waals surface area (Å²) >= 11 is 0. The number of para-hydroxylation sites is 2. The number of ether oxygens (including phenoxy) is 2. The van der Waals surface area contributed by atoms with Crippen LogP contribution in [0.4, 0.5) is 11.4 Å². The minimum absolute atomic E-state index is 0. The van der Waals surface area contributed by atoms with Crippen LogP contribution in [-0.4, -0.2) is 39.5 Å². The third kappa shape index (κ3) is 35.3. The van der Waals surface area contributed by atoms with Gasteiger partial charge in [0.25, 0.3) is 0 Å². The van der Waals surface area contributed by atoms with Crippen molar-refractivity contribution in [2.45, 2.75) is 69.2 Å². The third-order valence-corrected chi connectivity index (χ3v) is 3.80. The normalized spacial score (nSPS) is 9.83. The molecule has 0 saturated carbocycles. The molecule has 2 aromatic carbocycles. The van der Waals surface area contributed by atoms with Crippen molar-refractivity contribution >= 4 is 11.4 Å². The maximum absolute atomic E-state index is 4.83. The molecule has 196 valence electrons. The van der Waals surface area contributed by atoms with E-state index in [1.165, 1.54) is 0 Å². The molecule has 4 nitrogen and oxygen atoms in total. The Bertz CT molecular complexity index is 595. The standard InChI is InChI=1S/2C11H16N.2C4H10O.2Li/c2*1-11(2,3)9-12-10-7-5-4-6-8-10;2*1-3-5-4-2;;/h2*4-8H,9H2,1-3H3;2*3-4H2,1-2H3;;/q2*-1;;;2*+1. The van der Waals surface area contributed by atoms with Gasteiger partial charge in [-0.1, -0.05) is 113 Å². The topological polar surface area (TPSA) is 46.7 Å². The maximum Gasteiger partial charge on any atom is 1.00 e. The molecule has 0 heterocycles. The molecule has 2 rings (SSSR count). The molecule has 0 amide bonds. The zero-order valence-electron chi connectivity index (χ0n) is 25.7. The predicted molar refractivity (Wildman–Crippen MR) is 152 cm³/mol. The molecule has 36 heavy (non-hydrogen) atoms. The number of rotatable bonds is 8. The largest absolute Gasteiger partial charge is 1.00 e. The van der Waals surface area contributed by atoms with Gasteiger partial charge in [0, 0.05) is 26.4 Å². The fourth-order valence-electron chi connectivity index (χ4n) is 2.13. The van der Waals surface area contributed by atoms with Crippen molar-refractivity contribution in [1.29, 1.82) is 0 Å². The van der Waals surface area contributed by atoms with Crippen LogP contribution in [0.25, 0.3) is 10.6 Å². The van der Waals surface area contributed by atoms with E-state index >= 15 is 0 Å². The first kappa shape index (κ1) is 42.3. The van der Waals surface area contributed by atoms with Crippen LogP contribution in [0.5, 0.6) is 0 Å². The van der Waals surface area contributed by atoms with E-state index in [9.17, 15) is 0 Å². The van der Waals surface area contributed by atoms with Crippen LogP contribution in [0.1, 0.15) is 69.2 Å². The summed E-state index contributed by atoms with van der Waals surface area (Å²) in [5.74, 6) is 0. The zero-order chi connectivity index (χ0) is 26.3. The Morgan fingerprint density at radius 1 is 0.500 bits per heavy atom. The van der Waals surface area contributed by atoms with E-state index < -0.39 is 0 Å². The Morgan fingerprint density at radius 2 is 0.750 bits per heavy atom. The van der Waals surface area contributed by atoms with E-state index in [4.69, 9.17) is 9.47 Å². The van der Waals surface area contributed by atoms with Crippen molar-refractivity contribution in [2.75, 3.05) is 39.5 Å². The van der Waals surface area contributed by atoms with Crippen molar-refractivity contribution < 1.29 is 47.2 Å². The molecule has 6 heteroatoms. The van der Waals surface area contributed by atoms with Gasteiger partial charge in [0.15, 0.2) is 0 Å². The first-order chi connectivity index (χ1) is 16.0. The Balaban J connectivity index is -0.000000201. The molecule has 0 N–H and O–H groups in total. The molecule has 0 atom stereocenters. The van der Waals surface area contributed by atoms with Gasteiger partial charge in [-0.05, 0) is 27.7 Å². The van der Waals surface area contributed by atoms with Gasteiger partial charge in [0.1, 0.15) is 0 Å².